The third-order valence-electron chi connectivity index (χ3n) is 2.77. The predicted molar refractivity (Wildman–Crippen MR) is 75.0 cm³/mol. The Morgan fingerprint density at radius 2 is 1.82 bits per heavy atom. The van der Waals surface area contributed by atoms with Gasteiger partial charge in [0.25, 0.3) is 5.91 Å². The van der Waals surface area contributed by atoms with E-state index in [0.717, 1.165) is 7.11 Å². The lowest BCUT2D eigenvalue weighted by Crippen LogP contribution is -2.39. The third-order valence-corrected chi connectivity index (χ3v) is 2.77. The van der Waals surface area contributed by atoms with Gasteiger partial charge in [0.05, 0.1) is 23.7 Å². The Labute approximate surface area is 125 Å². The third kappa shape index (κ3) is 3.54. The topological polar surface area (TPSA) is 107 Å². The van der Waals surface area contributed by atoms with Crippen LogP contribution in [0.1, 0.15) is 17.3 Å². The summed E-state index contributed by atoms with van der Waals surface area (Å²) in [6.07, 6.45) is 0.974. The van der Waals surface area contributed by atoms with E-state index in [1.165, 1.54) is 25.3 Å². The number of hydrogen-bond acceptors (Lipinski definition) is 7. The molecule has 114 valence electrons. The van der Waals surface area contributed by atoms with E-state index in [2.05, 4.69) is 14.7 Å². The summed E-state index contributed by atoms with van der Waals surface area (Å²) in [5, 5.41) is 1.92. The van der Waals surface area contributed by atoms with E-state index in [1.807, 2.05) is 5.32 Å². The zero-order chi connectivity index (χ0) is 16.1. The van der Waals surface area contributed by atoms with Crippen LogP contribution in [0.25, 0.3) is 11.0 Å². The zero-order valence-corrected chi connectivity index (χ0v) is 11.9. The van der Waals surface area contributed by atoms with E-state index >= 15 is 0 Å². The van der Waals surface area contributed by atoms with E-state index < -0.39 is 24.1 Å². The van der Waals surface area contributed by atoms with Gasteiger partial charge in [0.1, 0.15) is 0 Å². The molecular formula is C14H13N3O5. The van der Waals surface area contributed by atoms with Crippen LogP contribution in [0, 0.1) is 0 Å². The molecule has 1 N–H and O–H groups in total. The first-order valence-corrected chi connectivity index (χ1v) is 6.32. The van der Waals surface area contributed by atoms with E-state index in [0.29, 0.717) is 11.0 Å². The Morgan fingerprint density at radius 1 is 1.14 bits per heavy atom. The van der Waals surface area contributed by atoms with Crippen molar-refractivity contribution in [1.82, 2.24) is 15.3 Å². The molecule has 1 aromatic carbocycles. The summed E-state index contributed by atoms with van der Waals surface area (Å²) in [6, 6.07) is 4.65. The molecule has 0 bridgehead atoms. The van der Waals surface area contributed by atoms with Crippen LogP contribution in [0.15, 0.2) is 30.6 Å². The fourth-order valence-corrected chi connectivity index (χ4v) is 1.63. The number of esters is 1. The number of carbonyl (C=O) groups excluding carboxylic acids is 3. The van der Waals surface area contributed by atoms with Gasteiger partial charge in [-0.3, -0.25) is 20.1 Å². The van der Waals surface area contributed by atoms with Gasteiger partial charge in [0.2, 0.25) is 0 Å². The minimum absolute atomic E-state index is 0.228. The number of rotatable bonds is 3. The number of nitrogens with zero attached hydrogens (tertiary/aromatic N) is 2. The van der Waals surface area contributed by atoms with Crippen LogP contribution in [0.4, 0.5) is 4.79 Å². The molecule has 0 unspecified atom stereocenters. The van der Waals surface area contributed by atoms with Crippen molar-refractivity contribution in [1.29, 1.82) is 0 Å². The summed E-state index contributed by atoms with van der Waals surface area (Å²) in [6.45, 7) is 1.34. The Balaban J connectivity index is 2.07. The van der Waals surface area contributed by atoms with Crippen molar-refractivity contribution < 1.29 is 23.9 Å². The van der Waals surface area contributed by atoms with Gasteiger partial charge in [-0.1, -0.05) is 0 Å². The van der Waals surface area contributed by atoms with Crippen molar-refractivity contribution in [2.45, 2.75) is 13.0 Å². The minimum Gasteiger partial charge on any atom is -0.453 e. The molecule has 2 rings (SSSR count). The molecule has 2 amide bonds. The molecule has 0 aliphatic rings. The lowest BCUT2D eigenvalue weighted by atomic mass is 10.2. The zero-order valence-electron chi connectivity index (χ0n) is 11.9. The number of methoxy groups -OCH3 is 1. The highest BCUT2D eigenvalue weighted by Crippen LogP contribution is 2.12. The number of ether oxygens (including phenoxy) is 2. The molecule has 1 atom stereocenters. The average molecular weight is 303 g/mol. The minimum atomic E-state index is -1.15. The fourth-order valence-electron chi connectivity index (χ4n) is 1.63. The van der Waals surface area contributed by atoms with Crippen LogP contribution >= 0.6 is 0 Å². The maximum Gasteiger partial charge on any atom is 0.413 e. The Hall–Kier alpha value is -3.03. The summed E-state index contributed by atoms with van der Waals surface area (Å²) >= 11 is 0. The van der Waals surface area contributed by atoms with Crippen molar-refractivity contribution in [3.8, 4) is 0 Å². The maximum absolute atomic E-state index is 12.0. The van der Waals surface area contributed by atoms with Crippen molar-refractivity contribution in [2.24, 2.45) is 0 Å². The molecule has 0 fully saturated rings. The molecule has 1 aromatic heterocycles. The first-order chi connectivity index (χ1) is 10.5. The fraction of sp³-hybridized carbons (Fsp3) is 0.214. The smallest absolute Gasteiger partial charge is 0.413 e. The molecule has 1 heterocycles. The maximum atomic E-state index is 12.0. The lowest BCUT2D eigenvalue weighted by molar-refractivity contribution is -0.128. The quantitative estimate of drug-likeness (QED) is 0.844. The normalized spacial score (nSPS) is 11.5. The van der Waals surface area contributed by atoms with Crippen molar-refractivity contribution in [2.75, 3.05) is 7.11 Å². The number of hydrogen-bond donors (Lipinski definition) is 1. The molecule has 0 aliphatic carbocycles. The molecule has 0 aliphatic heterocycles. The molecule has 0 spiro atoms. The molecule has 0 saturated carbocycles. The standard InChI is InChI=1S/C14H13N3O5/c1-8(12(18)17-14(20)21-2)22-13(19)9-3-4-10-11(7-9)16-6-5-15-10/h3-8H,1-2H3,(H,17,18,20)/t8-/m1/s1. The van der Waals surface area contributed by atoms with Crippen LogP contribution in [-0.4, -0.2) is 41.2 Å². The predicted octanol–water partition coefficient (Wildman–Crippen LogP) is 1.06. The van der Waals surface area contributed by atoms with Gasteiger partial charge in [0.15, 0.2) is 6.10 Å². The van der Waals surface area contributed by atoms with Crippen molar-refractivity contribution in [3.05, 3.63) is 36.2 Å². The highest BCUT2D eigenvalue weighted by atomic mass is 16.6. The summed E-state index contributed by atoms with van der Waals surface area (Å²) in [7, 11) is 1.12. The summed E-state index contributed by atoms with van der Waals surface area (Å²) < 4.78 is 9.27. The number of benzene rings is 1. The van der Waals surface area contributed by atoms with Crippen LogP contribution in [-0.2, 0) is 14.3 Å². The highest BCUT2D eigenvalue weighted by molar-refractivity contribution is 5.98. The molecular weight excluding hydrogens is 290 g/mol. The second kappa shape index (κ2) is 6.61. The van der Waals surface area contributed by atoms with Gasteiger partial charge >= 0.3 is 12.1 Å². The number of carbonyl (C=O) groups is 3. The number of aromatic nitrogens is 2. The SMILES string of the molecule is COC(=O)NC(=O)[C@@H](C)OC(=O)c1ccc2nccnc2c1. The molecule has 8 nitrogen and oxygen atoms in total. The number of fused-ring (bicyclic) bond motifs is 1. The van der Waals surface area contributed by atoms with Gasteiger partial charge in [-0.05, 0) is 25.1 Å². The number of nitrogens with one attached hydrogen (secondary N) is 1. The van der Waals surface area contributed by atoms with Crippen LogP contribution in [0.2, 0.25) is 0 Å². The molecule has 22 heavy (non-hydrogen) atoms. The van der Waals surface area contributed by atoms with Crippen LogP contribution in [0.5, 0.6) is 0 Å². The lowest BCUT2D eigenvalue weighted by Gasteiger charge is -2.12. The second-order valence-corrected chi connectivity index (χ2v) is 4.29. The van der Waals surface area contributed by atoms with Crippen molar-refractivity contribution in [3.63, 3.8) is 0 Å². The number of imide groups is 1. The van der Waals surface area contributed by atoms with E-state index in [-0.39, 0.29) is 5.56 Å². The summed E-state index contributed by atoms with van der Waals surface area (Å²) in [5.74, 6) is -1.49. The number of alkyl carbamates (subject to hydrolysis) is 1. The monoisotopic (exact) mass is 303 g/mol. The van der Waals surface area contributed by atoms with E-state index in [4.69, 9.17) is 4.74 Å². The van der Waals surface area contributed by atoms with Gasteiger partial charge in [0, 0.05) is 12.4 Å². The summed E-state index contributed by atoms with van der Waals surface area (Å²) in [4.78, 5) is 42.7. The van der Waals surface area contributed by atoms with Crippen molar-refractivity contribution >= 4 is 29.0 Å². The first kappa shape index (κ1) is 15.4. The second-order valence-electron chi connectivity index (χ2n) is 4.29. The van der Waals surface area contributed by atoms with Crippen LogP contribution in [0.3, 0.4) is 0 Å². The Morgan fingerprint density at radius 3 is 2.50 bits per heavy atom. The van der Waals surface area contributed by atoms with Gasteiger partial charge in [-0.15, -0.1) is 0 Å². The molecule has 0 radical (unpaired) electrons. The molecule has 8 heteroatoms. The highest BCUT2D eigenvalue weighted by Gasteiger charge is 2.21. The number of amides is 2. The van der Waals surface area contributed by atoms with Crippen LogP contribution < -0.4 is 5.32 Å². The molecule has 0 saturated heterocycles. The Kier molecular flexibility index (Phi) is 4.62. The van der Waals surface area contributed by atoms with Gasteiger partial charge in [-0.2, -0.15) is 0 Å². The van der Waals surface area contributed by atoms with E-state index in [1.54, 1.807) is 12.3 Å². The molecule has 2 aromatic rings. The largest absolute Gasteiger partial charge is 0.453 e. The van der Waals surface area contributed by atoms with Gasteiger partial charge in [-0.25, -0.2) is 9.59 Å². The Bertz CT molecular complexity index is 731. The first-order valence-electron chi connectivity index (χ1n) is 6.32. The van der Waals surface area contributed by atoms with Gasteiger partial charge < -0.3 is 9.47 Å². The average Bonchev–Trinajstić information content (AvgIpc) is 2.53. The van der Waals surface area contributed by atoms with E-state index in [9.17, 15) is 14.4 Å². The summed E-state index contributed by atoms with van der Waals surface area (Å²) in [5.41, 5.74) is 1.39.